The molecule has 134 valence electrons. The summed E-state index contributed by atoms with van der Waals surface area (Å²) in [5, 5.41) is 8.34. The average molecular weight is 424 g/mol. The van der Waals surface area contributed by atoms with Crippen LogP contribution >= 0.6 is 27.7 Å². The lowest BCUT2D eigenvalue weighted by molar-refractivity contribution is -0.131. The number of hydrogen-bond acceptors (Lipinski definition) is 5. The van der Waals surface area contributed by atoms with Gasteiger partial charge in [0.2, 0.25) is 11.8 Å². The molecule has 3 rings (SSSR count). The van der Waals surface area contributed by atoms with E-state index in [-0.39, 0.29) is 11.2 Å². The molecule has 1 aromatic carbocycles. The summed E-state index contributed by atoms with van der Waals surface area (Å²) in [6.45, 7) is 1.90. The third-order valence-corrected chi connectivity index (χ3v) is 5.99. The molecule has 0 N–H and O–H groups in total. The summed E-state index contributed by atoms with van der Waals surface area (Å²) in [5.41, 5.74) is 0.854. The number of amides is 1. The van der Waals surface area contributed by atoms with Crippen LogP contribution in [0, 0.1) is 0 Å². The molecule has 1 atom stereocenters. The second kappa shape index (κ2) is 8.36. The van der Waals surface area contributed by atoms with Crippen molar-refractivity contribution < 1.29 is 9.21 Å². The van der Waals surface area contributed by atoms with Crippen molar-refractivity contribution in [3.05, 3.63) is 28.7 Å². The third-order valence-electron chi connectivity index (χ3n) is 4.57. The second-order valence-corrected chi connectivity index (χ2v) is 8.59. The van der Waals surface area contributed by atoms with Crippen LogP contribution in [-0.2, 0) is 4.79 Å². The van der Waals surface area contributed by atoms with Gasteiger partial charge in [0.1, 0.15) is 0 Å². The Hall–Kier alpha value is -1.34. The monoisotopic (exact) mass is 423 g/mol. The molecule has 1 aliphatic rings. The van der Waals surface area contributed by atoms with Crippen LogP contribution in [0.5, 0.6) is 0 Å². The van der Waals surface area contributed by atoms with Crippen LogP contribution < -0.4 is 0 Å². The molecule has 25 heavy (non-hydrogen) atoms. The number of carbonyl (C=O) groups is 1. The maximum absolute atomic E-state index is 12.7. The fourth-order valence-corrected chi connectivity index (χ4v) is 4.32. The van der Waals surface area contributed by atoms with Crippen LogP contribution in [0.15, 0.2) is 38.4 Å². The van der Waals surface area contributed by atoms with E-state index in [9.17, 15) is 4.79 Å². The minimum Gasteiger partial charge on any atom is -0.411 e. The average Bonchev–Trinajstić information content (AvgIpc) is 3.09. The van der Waals surface area contributed by atoms with Crippen LogP contribution in [0.25, 0.3) is 11.5 Å². The van der Waals surface area contributed by atoms with Gasteiger partial charge >= 0.3 is 0 Å². The van der Waals surface area contributed by atoms with Gasteiger partial charge in [0, 0.05) is 23.1 Å². The summed E-state index contributed by atoms with van der Waals surface area (Å²) in [6, 6.07) is 8.06. The van der Waals surface area contributed by atoms with E-state index in [1.54, 1.807) is 0 Å². The largest absolute Gasteiger partial charge is 0.411 e. The molecular formula is C18H22BrN3O2S. The van der Waals surface area contributed by atoms with Gasteiger partial charge in [-0.05, 0) is 38.0 Å². The number of benzene rings is 1. The zero-order chi connectivity index (χ0) is 17.8. The quantitative estimate of drug-likeness (QED) is 0.647. The molecule has 1 aromatic heterocycles. The first kappa shape index (κ1) is 18.5. The van der Waals surface area contributed by atoms with Gasteiger partial charge in [-0.1, -0.05) is 53.0 Å². The Balaban J connectivity index is 1.62. The van der Waals surface area contributed by atoms with Gasteiger partial charge in [-0.2, -0.15) is 0 Å². The number of hydrogen-bond donors (Lipinski definition) is 0. The fraction of sp³-hybridized carbons (Fsp3) is 0.500. The zero-order valence-electron chi connectivity index (χ0n) is 14.4. The molecule has 1 unspecified atom stereocenters. The van der Waals surface area contributed by atoms with Gasteiger partial charge < -0.3 is 9.32 Å². The predicted octanol–water partition coefficient (Wildman–Crippen LogP) is 4.77. The van der Waals surface area contributed by atoms with E-state index in [0.29, 0.717) is 17.2 Å². The van der Waals surface area contributed by atoms with Crippen LogP contribution in [0.1, 0.15) is 39.0 Å². The van der Waals surface area contributed by atoms with Gasteiger partial charge in [-0.3, -0.25) is 4.79 Å². The number of nitrogens with zero attached hydrogens (tertiary/aromatic N) is 3. The fourth-order valence-electron chi connectivity index (χ4n) is 3.13. The smallest absolute Gasteiger partial charge is 0.277 e. The number of thioether (sulfide) groups is 1. The maximum Gasteiger partial charge on any atom is 0.277 e. The Bertz CT molecular complexity index is 731. The highest BCUT2D eigenvalue weighted by molar-refractivity contribution is 9.10. The van der Waals surface area contributed by atoms with Crippen molar-refractivity contribution in [2.75, 3.05) is 7.05 Å². The summed E-state index contributed by atoms with van der Waals surface area (Å²) in [4.78, 5) is 14.6. The van der Waals surface area contributed by atoms with Gasteiger partial charge in [0.25, 0.3) is 5.22 Å². The van der Waals surface area contributed by atoms with E-state index in [1.807, 2.05) is 43.1 Å². The number of carbonyl (C=O) groups excluding carboxylic acids is 1. The van der Waals surface area contributed by atoms with E-state index < -0.39 is 0 Å². The topological polar surface area (TPSA) is 59.2 Å². The molecule has 0 bridgehead atoms. The highest BCUT2D eigenvalue weighted by atomic mass is 79.9. The molecule has 0 spiro atoms. The standard InChI is InChI=1S/C18H22BrN3O2S/c1-12(17(23)22(2)15-9-4-3-5-10-15)25-18-21-20-16(24-18)13-7-6-8-14(19)11-13/h6-8,11-12,15H,3-5,9-10H2,1-2H3. The Morgan fingerprint density at radius 1 is 1.32 bits per heavy atom. The van der Waals surface area contributed by atoms with Gasteiger partial charge in [-0.15, -0.1) is 10.2 Å². The van der Waals surface area contributed by atoms with Gasteiger partial charge in [-0.25, -0.2) is 0 Å². The lowest BCUT2D eigenvalue weighted by atomic mass is 9.94. The summed E-state index contributed by atoms with van der Waals surface area (Å²) >= 11 is 4.75. The number of halogens is 1. The highest BCUT2D eigenvalue weighted by Gasteiger charge is 2.27. The summed E-state index contributed by atoms with van der Waals surface area (Å²) in [6.07, 6.45) is 5.91. The van der Waals surface area contributed by atoms with Crippen LogP contribution in [0.2, 0.25) is 0 Å². The second-order valence-electron chi connectivity index (χ2n) is 6.38. The van der Waals surface area contributed by atoms with E-state index >= 15 is 0 Å². The van der Waals surface area contributed by atoms with E-state index in [1.165, 1.54) is 31.0 Å². The Labute approximate surface area is 160 Å². The highest BCUT2D eigenvalue weighted by Crippen LogP contribution is 2.29. The van der Waals surface area contributed by atoms with E-state index in [2.05, 4.69) is 26.1 Å². The summed E-state index contributed by atoms with van der Waals surface area (Å²) in [7, 11) is 1.91. The maximum atomic E-state index is 12.7. The first-order valence-electron chi connectivity index (χ1n) is 8.57. The molecule has 1 heterocycles. The summed E-state index contributed by atoms with van der Waals surface area (Å²) in [5.74, 6) is 0.586. The van der Waals surface area contributed by atoms with Crippen molar-refractivity contribution in [1.82, 2.24) is 15.1 Å². The Kier molecular flexibility index (Phi) is 6.17. The van der Waals surface area contributed by atoms with Crippen molar-refractivity contribution in [2.45, 2.75) is 55.5 Å². The molecule has 1 amide bonds. The lowest BCUT2D eigenvalue weighted by Gasteiger charge is -2.32. The number of rotatable bonds is 5. The molecule has 0 radical (unpaired) electrons. The minimum absolute atomic E-state index is 0.124. The number of aromatic nitrogens is 2. The SMILES string of the molecule is CC(Sc1nnc(-c2cccc(Br)c2)o1)C(=O)N(C)C1CCCCC1. The van der Waals surface area contributed by atoms with Crippen molar-refractivity contribution >= 4 is 33.6 Å². The van der Waals surface area contributed by atoms with Crippen molar-refractivity contribution in [2.24, 2.45) is 0 Å². The molecule has 5 nitrogen and oxygen atoms in total. The first-order chi connectivity index (χ1) is 12.0. The van der Waals surface area contributed by atoms with Crippen LogP contribution in [0.3, 0.4) is 0 Å². The zero-order valence-corrected chi connectivity index (χ0v) is 16.8. The Morgan fingerprint density at radius 2 is 2.08 bits per heavy atom. The minimum atomic E-state index is -0.247. The molecule has 2 aromatic rings. The van der Waals surface area contributed by atoms with Crippen LogP contribution in [0.4, 0.5) is 0 Å². The summed E-state index contributed by atoms with van der Waals surface area (Å²) < 4.78 is 6.67. The van der Waals surface area contributed by atoms with Crippen molar-refractivity contribution in [1.29, 1.82) is 0 Å². The molecular weight excluding hydrogens is 402 g/mol. The first-order valence-corrected chi connectivity index (χ1v) is 10.2. The van der Waals surface area contributed by atoms with Crippen molar-refractivity contribution in [3.8, 4) is 11.5 Å². The molecule has 1 saturated carbocycles. The Morgan fingerprint density at radius 3 is 2.80 bits per heavy atom. The third kappa shape index (κ3) is 4.64. The lowest BCUT2D eigenvalue weighted by Crippen LogP contribution is -2.42. The molecule has 1 fully saturated rings. The van der Waals surface area contributed by atoms with E-state index in [4.69, 9.17) is 4.42 Å². The predicted molar refractivity (Wildman–Crippen MR) is 102 cm³/mol. The van der Waals surface area contributed by atoms with E-state index in [0.717, 1.165) is 22.9 Å². The molecule has 1 aliphatic carbocycles. The molecule has 7 heteroatoms. The molecule has 0 saturated heterocycles. The normalized spacial score (nSPS) is 16.6. The van der Waals surface area contributed by atoms with Crippen molar-refractivity contribution in [3.63, 3.8) is 0 Å². The van der Waals surface area contributed by atoms with Gasteiger partial charge in [0.05, 0.1) is 5.25 Å². The van der Waals surface area contributed by atoms with Crippen LogP contribution in [-0.4, -0.2) is 39.3 Å². The molecule has 0 aliphatic heterocycles. The van der Waals surface area contributed by atoms with Gasteiger partial charge in [0.15, 0.2) is 0 Å².